The number of benzene rings is 1. The minimum Gasteiger partial charge on any atom is -0.358 e. The van der Waals surface area contributed by atoms with Crippen LogP contribution >= 0.6 is 0 Å². The largest absolute Gasteiger partial charge is 0.358 e. The third-order valence-corrected chi connectivity index (χ3v) is 4.68. The number of para-hydroxylation sites is 1. The molecule has 2 rings (SSSR count). The van der Waals surface area contributed by atoms with Gasteiger partial charge < -0.3 is 16.0 Å². The van der Waals surface area contributed by atoms with Crippen molar-refractivity contribution in [3.8, 4) is 0 Å². The van der Waals surface area contributed by atoms with Crippen molar-refractivity contribution in [1.29, 1.82) is 0 Å². The number of anilines is 1. The number of pyridine rings is 1. The molecule has 1 aromatic heterocycles. The second-order valence-corrected chi connectivity index (χ2v) is 6.88. The molecule has 0 radical (unpaired) electrons. The number of nitrogens with zero attached hydrogens (tertiary/aromatic N) is 2. The number of carbonyl (C=O) groups excluding carboxylic acids is 1. The van der Waals surface area contributed by atoms with Crippen molar-refractivity contribution in [2.45, 2.75) is 32.9 Å². The lowest BCUT2D eigenvalue weighted by molar-refractivity contribution is -0.122. The summed E-state index contributed by atoms with van der Waals surface area (Å²) < 4.78 is 0. The number of rotatable bonds is 8. The Balaban J connectivity index is 2.14. The van der Waals surface area contributed by atoms with E-state index in [-0.39, 0.29) is 18.4 Å². The second kappa shape index (κ2) is 8.62. The van der Waals surface area contributed by atoms with Crippen LogP contribution in [0.4, 0.5) is 5.69 Å². The van der Waals surface area contributed by atoms with Crippen molar-refractivity contribution in [3.63, 3.8) is 0 Å². The van der Waals surface area contributed by atoms with Crippen LogP contribution < -0.4 is 16.0 Å². The van der Waals surface area contributed by atoms with Gasteiger partial charge in [-0.3, -0.25) is 9.78 Å². The van der Waals surface area contributed by atoms with E-state index in [2.05, 4.69) is 24.1 Å². The summed E-state index contributed by atoms with van der Waals surface area (Å²) in [4.78, 5) is 18.9. The maximum Gasteiger partial charge on any atom is 0.240 e. The molecule has 0 aliphatic rings. The second-order valence-electron chi connectivity index (χ2n) is 6.88. The summed E-state index contributed by atoms with van der Waals surface area (Å²) in [7, 11) is 0. The van der Waals surface area contributed by atoms with Gasteiger partial charge in [0, 0.05) is 31.2 Å². The third kappa shape index (κ3) is 5.29. The summed E-state index contributed by atoms with van der Waals surface area (Å²) in [6.07, 6.45) is 3.57. The zero-order valence-electron chi connectivity index (χ0n) is 15.3. The summed E-state index contributed by atoms with van der Waals surface area (Å²) in [5.74, 6) is 0.222. The van der Waals surface area contributed by atoms with Crippen LogP contribution in [0, 0.1) is 5.92 Å². The molecule has 3 N–H and O–H groups in total. The number of hydrogen-bond acceptors (Lipinski definition) is 4. The van der Waals surface area contributed by atoms with Gasteiger partial charge in [-0.2, -0.15) is 0 Å². The van der Waals surface area contributed by atoms with E-state index in [1.54, 1.807) is 6.20 Å². The fraction of sp³-hybridized carbons (Fsp3) is 0.400. The van der Waals surface area contributed by atoms with Gasteiger partial charge in [0.2, 0.25) is 5.91 Å². The maximum absolute atomic E-state index is 12.7. The quantitative estimate of drug-likeness (QED) is 0.775. The summed E-state index contributed by atoms with van der Waals surface area (Å²) in [6, 6.07) is 13.9. The van der Waals surface area contributed by atoms with Crippen LogP contribution in [0.2, 0.25) is 0 Å². The van der Waals surface area contributed by atoms with E-state index in [4.69, 9.17) is 5.73 Å². The Morgan fingerprint density at radius 2 is 1.96 bits per heavy atom. The van der Waals surface area contributed by atoms with Crippen LogP contribution in [0.5, 0.6) is 0 Å². The van der Waals surface area contributed by atoms with Gasteiger partial charge in [-0.05, 0) is 36.6 Å². The summed E-state index contributed by atoms with van der Waals surface area (Å²) in [5.41, 5.74) is 7.54. The highest BCUT2D eigenvalue weighted by atomic mass is 16.2. The number of amides is 1. The lowest BCUT2D eigenvalue weighted by atomic mass is 9.88. The van der Waals surface area contributed by atoms with E-state index in [0.717, 1.165) is 11.3 Å². The maximum atomic E-state index is 12.7. The van der Waals surface area contributed by atoms with Crippen LogP contribution in [0.25, 0.3) is 0 Å². The van der Waals surface area contributed by atoms with E-state index in [1.807, 2.05) is 60.5 Å². The molecule has 1 amide bonds. The smallest absolute Gasteiger partial charge is 0.240 e. The molecule has 1 atom stereocenters. The molecule has 0 aliphatic carbocycles. The summed E-state index contributed by atoms with van der Waals surface area (Å²) in [5, 5.41) is 3.11. The van der Waals surface area contributed by atoms with Crippen LogP contribution in [-0.4, -0.2) is 29.5 Å². The highest BCUT2D eigenvalue weighted by Gasteiger charge is 2.29. The number of aromatic nitrogens is 1. The Morgan fingerprint density at radius 1 is 1.24 bits per heavy atom. The highest BCUT2D eigenvalue weighted by molar-refractivity contribution is 5.82. The fourth-order valence-electron chi connectivity index (χ4n) is 2.55. The number of hydrogen-bond donors (Lipinski definition) is 2. The molecule has 25 heavy (non-hydrogen) atoms. The molecular weight excluding hydrogens is 312 g/mol. The molecule has 0 aliphatic heterocycles. The molecule has 5 heteroatoms. The Kier molecular flexibility index (Phi) is 6.53. The van der Waals surface area contributed by atoms with Crippen molar-refractivity contribution >= 4 is 11.6 Å². The summed E-state index contributed by atoms with van der Waals surface area (Å²) >= 11 is 0. The minimum absolute atomic E-state index is 0.0330. The number of nitrogens with one attached hydrogen (secondary N) is 1. The van der Waals surface area contributed by atoms with E-state index < -0.39 is 5.54 Å². The van der Waals surface area contributed by atoms with Gasteiger partial charge in [-0.1, -0.05) is 38.1 Å². The summed E-state index contributed by atoms with van der Waals surface area (Å²) in [6.45, 7) is 7.41. The molecule has 0 saturated carbocycles. The predicted octanol–water partition coefficient (Wildman–Crippen LogP) is 2.58. The van der Waals surface area contributed by atoms with Gasteiger partial charge in [-0.15, -0.1) is 0 Å². The lowest BCUT2D eigenvalue weighted by Gasteiger charge is -2.35. The molecule has 1 heterocycles. The van der Waals surface area contributed by atoms with Crippen molar-refractivity contribution < 1.29 is 4.79 Å². The highest BCUT2D eigenvalue weighted by Crippen LogP contribution is 2.18. The van der Waals surface area contributed by atoms with Crippen LogP contribution in [0.15, 0.2) is 54.9 Å². The van der Waals surface area contributed by atoms with Crippen LogP contribution in [0.1, 0.15) is 26.3 Å². The van der Waals surface area contributed by atoms with Crippen molar-refractivity contribution in [2.24, 2.45) is 11.7 Å². The first-order valence-corrected chi connectivity index (χ1v) is 8.64. The van der Waals surface area contributed by atoms with Crippen molar-refractivity contribution in [1.82, 2.24) is 10.3 Å². The van der Waals surface area contributed by atoms with E-state index in [1.165, 1.54) is 0 Å². The fourth-order valence-corrected chi connectivity index (χ4v) is 2.55. The molecule has 0 spiro atoms. The van der Waals surface area contributed by atoms with E-state index >= 15 is 0 Å². The first-order chi connectivity index (χ1) is 11.9. The first kappa shape index (κ1) is 18.9. The topological polar surface area (TPSA) is 71.2 Å². The Hall–Kier alpha value is -2.40. The van der Waals surface area contributed by atoms with Crippen molar-refractivity contribution in [2.75, 3.05) is 18.0 Å². The average Bonchev–Trinajstić information content (AvgIpc) is 2.62. The molecule has 0 bridgehead atoms. The lowest BCUT2D eigenvalue weighted by Crippen LogP contribution is -2.56. The van der Waals surface area contributed by atoms with E-state index in [9.17, 15) is 4.79 Å². The average molecular weight is 340 g/mol. The van der Waals surface area contributed by atoms with Gasteiger partial charge in [0.05, 0.1) is 12.1 Å². The van der Waals surface area contributed by atoms with Gasteiger partial charge in [0.25, 0.3) is 0 Å². The molecule has 1 aromatic carbocycles. The molecule has 1 unspecified atom stereocenters. The Bertz CT molecular complexity index is 660. The first-order valence-electron chi connectivity index (χ1n) is 8.64. The Labute approximate surface area is 150 Å². The molecule has 134 valence electrons. The van der Waals surface area contributed by atoms with Gasteiger partial charge >= 0.3 is 0 Å². The molecule has 5 nitrogen and oxygen atoms in total. The normalized spacial score (nSPS) is 13.3. The number of nitrogens with two attached hydrogens (primary N) is 1. The monoisotopic (exact) mass is 340 g/mol. The molecule has 2 aromatic rings. The third-order valence-electron chi connectivity index (χ3n) is 4.68. The predicted molar refractivity (Wildman–Crippen MR) is 102 cm³/mol. The minimum atomic E-state index is -0.409. The van der Waals surface area contributed by atoms with Crippen LogP contribution in [0.3, 0.4) is 0 Å². The zero-order chi connectivity index (χ0) is 18.3. The standard InChI is InChI=1S/C20H28N4O/c1-16(2)20(3,15-21)23-19(25)14-24(18-9-5-4-6-10-18)13-17-8-7-11-22-12-17/h4-12,16H,13-15,21H2,1-3H3,(H,23,25). The van der Waals surface area contributed by atoms with Crippen LogP contribution in [-0.2, 0) is 11.3 Å². The van der Waals surface area contributed by atoms with Gasteiger partial charge in [0.15, 0.2) is 0 Å². The molecule has 0 saturated heterocycles. The van der Waals surface area contributed by atoms with Gasteiger partial charge in [0.1, 0.15) is 0 Å². The zero-order valence-corrected chi connectivity index (χ0v) is 15.3. The Morgan fingerprint density at radius 3 is 2.52 bits per heavy atom. The molecule has 0 fully saturated rings. The number of carbonyl (C=O) groups is 1. The SMILES string of the molecule is CC(C)C(C)(CN)NC(=O)CN(Cc1cccnc1)c1ccccc1. The molecular formula is C20H28N4O. The van der Waals surface area contributed by atoms with E-state index in [0.29, 0.717) is 13.1 Å². The van der Waals surface area contributed by atoms with Crippen molar-refractivity contribution in [3.05, 3.63) is 60.4 Å². The van der Waals surface area contributed by atoms with Gasteiger partial charge in [-0.25, -0.2) is 0 Å².